The molecule has 1 aromatic heterocycles. The topological polar surface area (TPSA) is 76.5 Å². The number of carbonyl (C=O) groups is 2. The van der Waals surface area contributed by atoms with E-state index in [-0.39, 0.29) is 25.0 Å². The van der Waals surface area contributed by atoms with Crippen molar-refractivity contribution < 1.29 is 14.3 Å². The average molecular weight is 471 g/mol. The largest absolute Gasteiger partial charge is 0.484 e. The summed E-state index contributed by atoms with van der Waals surface area (Å²) in [6.07, 6.45) is 3.39. The molecule has 0 atom stereocenters. The molecule has 176 valence electrons. The number of halogens is 1. The van der Waals surface area contributed by atoms with Gasteiger partial charge in [0.2, 0.25) is 5.91 Å². The van der Waals surface area contributed by atoms with Crippen molar-refractivity contribution >= 4 is 34.4 Å². The highest BCUT2D eigenvalue weighted by molar-refractivity contribution is 6.30. The summed E-state index contributed by atoms with van der Waals surface area (Å²) in [6, 6.07) is 14.7. The molecule has 0 spiro atoms. The van der Waals surface area contributed by atoms with Crippen LogP contribution in [0.2, 0.25) is 5.02 Å². The normalized spacial score (nSPS) is 10.9. The number of carbonyl (C=O) groups excluding carboxylic acids is 2. The molecule has 1 N–H and O–H groups in total. The second-order valence-electron chi connectivity index (χ2n) is 7.97. The van der Waals surface area contributed by atoms with Crippen molar-refractivity contribution in [2.45, 2.75) is 39.2 Å². The SMILES string of the molecule is CCCCN(C)C(=O)Cn1c(CCCNC(=O)COc2ccc(Cl)cc2)nc2ccccc21. The Morgan fingerprint density at radius 1 is 1.12 bits per heavy atom. The van der Waals surface area contributed by atoms with Crippen LogP contribution in [0.4, 0.5) is 0 Å². The fraction of sp³-hybridized carbons (Fsp3) is 0.400. The fourth-order valence-corrected chi connectivity index (χ4v) is 3.60. The first-order chi connectivity index (χ1) is 16.0. The molecule has 0 aliphatic rings. The number of fused-ring (bicyclic) bond motifs is 1. The Balaban J connectivity index is 1.53. The third kappa shape index (κ3) is 7.22. The molecular formula is C25H31ClN4O3. The molecular weight excluding hydrogens is 440 g/mol. The van der Waals surface area contributed by atoms with Crippen LogP contribution >= 0.6 is 11.6 Å². The number of hydrogen-bond donors (Lipinski definition) is 1. The van der Waals surface area contributed by atoms with E-state index in [4.69, 9.17) is 21.3 Å². The zero-order chi connectivity index (χ0) is 23.6. The standard InChI is InChI=1S/C25H31ClN4O3/c1-3-4-16-29(2)25(32)17-30-22-9-6-5-8-21(22)28-23(30)10-7-15-27-24(31)18-33-20-13-11-19(26)12-14-20/h5-6,8-9,11-14H,3-4,7,10,15-18H2,1-2H3,(H,27,31). The summed E-state index contributed by atoms with van der Waals surface area (Å²) in [5.74, 6) is 1.32. The summed E-state index contributed by atoms with van der Waals surface area (Å²) in [7, 11) is 1.85. The van der Waals surface area contributed by atoms with Gasteiger partial charge in [0.1, 0.15) is 18.1 Å². The number of para-hydroxylation sites is 2. The van der Waals surface area contributed by atoms with Crippen LogP contribution in [0.5, 0.6) is 5.75 Å². The third-order valence-electron chi connectivity index (χ3n) is 5.38. The van der Waals surface area contributed by atoms with E-state index in [1.54, 1.807) is 29.2 Å². The Labute approximate surface area is 199 Å². The van der Waals surface area contributed by atoms with E-state index in [1.807, 2.05) is 35.9 Å². The molecule has 3 aromatic rings. The summed E-state index contributed by atoms with van der Waals surface area (Å²) in [6.45, 7) is 3.57. The van der Waals surface area contributed by atoms with E-state index < -0.39 is 0 Å². The van der Waals surface area contributed by atoms with E-state index in [0.717, 1.165) is 36.2 Å². The number of aromatic nitrogens is 2. The van der Waals surface area contributed by atoms with Gasteiger partial charge in [-0.2, -0.15) is 0 Å². The first-order valence-electron chi connectivity index (χ1n) is 11.3. The van der Waals surface area contributed by atoms with Gasteiger partial charge in [0, 0.05) is 31.6 Å². The Morgan fingerprint density at radius 3 is 2.64 bits per heavy atom. The number of benzene rings is 2. The zero-order valence-electron chi connectivity index (χ0n) is 19.2. The molecule has 33 heavy (non-hydrogen) atoms. The molecule has 2 aromatic carbocycles. The van der Waals surface area contributed by atoms with Crippen molar-refractivity contribution in [2.24, 2.45) is 0 Å². The van der Waals surface area contributed by atoms with Crippen LogP contribution in [-0.4, -0.2) is 53.0 Å². The number of likely N-dealkylation sites (N-methyl/N-ethyl adjacent to an activating group) is 1. The van der Waals surface area contributed by atoms with Gasteiger partial charge in [-0.25, -0.2) is 4.98 Å². The number of ether oxygens (including phenoxy) is 1. The Bertz CT molecular complexity index is 1070. The van der Waals surface area contributed by atoms with Gasteiger partial charge in [-0.05, 0) is 49.2 Å². The highest BCUT2D eigenvalue weighted by Crippen LogP contribution is 2.18. The van der Waals surface area contributed by atoms with Crippen LogP contribution in [0, 0.1) is 0 Å². The molecule has 0 saturated heterocycles. The van der Waals surface area contributed by atoms with Crippen LogP contribution in [-0.2, 0) is 22.6 Å². The van der Waals surface area contributed by atoms with Gasteiger partial charge in [-0.3, -0.25) is 9.59 Å². The second kappa shape index (κ2) is 12.3. The van der Waals surface area contributed by atoms with Gasteiger partial charge in [0.25, 0.3) is 5.91 Å². The van der Waals surface area contributed by atoms with Crippen molar-refractivity contribution in [3.63, 3.8) is 0 Å². The monoisotopic (exact) mass is 470 g/mol. The second-order valence-corrected chi connectivity index (χ2v) is 8.40. The Hall–Kier alpha value is -3.06. The van der Waals surface area contributed by atoms with Crippen LogP contribution < -0.4 is 10.1 Å². The number of nitrogens with one attached hydrogen (secondary N) is 1. The fourth-order valence-electron chi connectivity index (χ4n) is 3.47. The first-order valence-corrected chi connectivity index (χ1v) is 11.7. The van der Waals surface area contributed by atoms with Crippen molar-refractivity contribution in [3.05, 3.63) is 59.4 Å². The third-order valence-corrected chi connectivity index (χ3v) is 5.63. The van der Waals surface area contributed by atoms with E-state index >= 15 is 0 Å². The number of aryl methyl sites for hydroxylation is 1. The number of nitrogens with zero attached hydrogens (tertiary/aromatic N) is 3. The van der Waals surface area contributed by atoms with Gasteiger partial charge in [0.05, 0.1) is 11.0 Å². The predicted molar refractivity (Wildman–Crippen MR) is 131 cm³/mol. The van der Waals surface area contributed by atoms with Crippen molar-refractivity contribution in [1.29, 1.82) is 0 Å². The van der Waals surface area contributed by atoms with Crippen molar-refractivity contribution in [2.75, 3.05) is 26.7 Å². The van der Waals surface area contributed by atoms with Crippen molar-refractivity contribution in [1.82, 2.24) is 19.8 Å². The Morgan fingerprint density at radius 2 is 1.88 bits per heavy atom. The first kappa shape index (κ1) is 24.6. The molecule has 3 rings (SSSR count). The van der Waals surface area contributed by atoms with Gasteiger partial charge in [-0.15, -0.1) is 0 Å². The lowest BCUT2D eigenvalue weighted by Gasteiger charge is -2.18. The van der Waals surface area contributed by atoms with Crippen LogP contribution in [0.15, 0.2) is 48.5 Å². The lowest BCUT2D eigenvalue weighted by Crippen LogP contribution is -2.32. The maximum absolute atomic E-state index is 12.7. The van der Waals surface area contributed by atoms with Gasteiger partial charge in [0.15, 0.2) is 6.61 Å². The summed E-state index contributed by atoms with van der Waals surface area (Å²) in [5.41, 5.74) is 1.82. The molecule has 2 amide bonds. The molecule has 0 bridgehead atoms. The number of imidazole rings is 1. The smallest absolute Gasteiger partial charge is 0.257 e. The van der Waals surface area contributed by atoms with Gasteiger partial charge >= 0.3 is 0 Å². The predicted octanol–water partition coefficient (Wildman–Crippen LogP) is 4.08. The molecule has 7 nitrogen and oxygen atoms in total. The van der Waals surface area contributed by atoms with E-state index in [2.05, 4.69) is 12.2 Å². The number of unbranched alkanes of at least 4 members (excludes halogenated alkanes) is 1. The molecule has 8 heteroatoms. The quantitative estimate of drug-likeness (QED) is 0.405. The maximum Gasteiger partial charge on any atom is 0.257 e. The van der Waals surface area contributed by atoms with E-state index in [0.29, 0.717) is 30.2 Å². The summed E-state index contributed by atoms with van der Waals surface area (Å²) >= 11 is 5.85. The minimum atomic E-state index is -0.189. The maximum atomic E-state index is 12.7. The minimum Gasteiger partial charge on any atom is -0.484 e. The van der Waals surface area contributed by atoms with Crippen molar-refractivity contribution in [3.8, 4) is 5.75 Å². The Kier molecular flexibility index (Phi) is 9.13. The van der Waals surface area contributed by atoms with Gasteiger partial charge in [-0.1, -0.05) is 37.1 Å². The lowest BCUT2D eigenvalue weighted by atomic mass is 10.2. The molecule has 1 heterocycles. The number of amides is 2. The molecule has 0 unspecified atom stereocenters. The van der Waals surface area contributed by atoms with Crippen LogP contribution in [0.25, 0.3) is 11.0 Å². The summed E-state index contributed by atoms with van der Waals surface area (Å²) < 4.78 is 7.45. The van der Waals surface area contributed by atoms with Gasteiger partial charge < -0.3 is 19.5 Å². The molecule has 0 saturated carbocycles. The highest BCUT2D eigenvalue weighted by atomic mass is 35.5. The lowest BCUT2D eigenvalue weighted by molar-refractivity contribution is -0.130. The number of hydrogen-bond acceptors (Lipinski definition) is 4. The summed E-state index contributed by atoms with van der Waals surface area (Å²) in [5, 5.41) is 3.49. The van der Waals surface area contributed by atoms with Crippen LogP contribution in [0.1, 0.15) is 32.0 Å². The zero-order valence-corrected chi connectivity index (χ0v) is 20.0. The van der Waals surface area contributed by atoms with E-state index in [1.165, 1.54) is 0 Å². The average Bonchev–Trinajstić information content (AvgIpc) is 3.17. The molecule has 0 aliphatic carbocycles. The molecule has 0 aliphatic heterocycles. The molecule has 0 fully saturated rings. The summed E-state index contributed by atoms with van der Waals surface area (Å²) in [4.78, 5) is 31.3. The molecule has 0 radical (unpaired) electrons. The highest BCUT2D eigenvalue weighted by Gasteiger charge is 2.16. The number of rotatable bonds is 12. The minimum absolute atomic E-state index is 0.0568. The van der Waals surface area contributed by atoms with E-state index in [9.17, 15) is 9.59 Å². The van der Waals surface area contributed by atoms with Crippen LogP contribution in [0.3, 0.4) is 0 Å².